The molecule has 6 rings (SSSR count). The normalized spacial score (nSPS) is 19.9. The molecule has 1 aliphatic carbocycles. The van der Waals surface area contributed by atoms with Crippen LogP contribution in [0.2, 0.25) is 15.1 Å². The first-order chi connectivity index (χ1) is 20.8. The highest BCUT2D eigenvalue weighted by Gasteiger charge is 2.41. The van der Waals surface area contributed by atoms with Crippen LogP contribution in [0.1, 0.15) is 59.5 Å². The van der Waals surface area contributed by atoms with Crippen molar-refractivity contribution in [3.8, 4) is 5.75 Å². The molecule has 1 unspecified atom stereocenters. The number of halogens is 4. The Bertz CT molecular complexity index is 1540. The SMILES string of the molecule is Cc1ccc(F)c(OCCOCc2ncc(C3=C(C(=O)N(Cc4cccc(Cl)c4Cl)C4CC4)C4CCC[C@@H](C3)N4)s2)c1Cl. The van der Waals surface area contributed by atoms with E-state index in [1.54, 1.807) is 30.4 Å². The first-order valence-electron chi connectivity index (χ1n) is 14.6. The molecule has 3 aliphatic rings. The number of hydrogen-bond acceptors (Lipinski definition) is 6. The van der Waals surface area contributed by atoms with Crippen molar-refractivity contribution in [2.45, 2.75) is 76.7 Å². The number of fused-ring (bicyclic) bond motifs is 2. The number of aryl methyl sites for hydroxylation is 1. The molecule has 1 N–H and O–H groups in total. The average molecular weight is 665 g/mol. The number of carbonyl (C=O) groups is 1. The van der Waals surface area contributed by atoms with Crippen molar-refractivity contribution in [2.24, 2.45) is 0 Å². The van der Waals surface area contributed by atoms with Crippen LogP contribution in [-0.4, -0.2) is 47.1 Å². The van der Waals surface area contributed by atoms with Crippen LogP contribution >= 0.6 is 46.1 Å². The molecule has 0 spiro atoms. The Morgan fingerprint density at radius 3 is 2.77 bits per heavy atom. The van der Waals surface area contributed by atoms with Crippen LogP contribution in [-0.2, 0) is 22.7 Å². The summed E-state index contributed by atoms with van der Waals surface area (Å²) in [4.78, 5) is 22.0. The highest BCUT2D eigenvalue weighted by Crippen LogP contribution is 2.41. The summed E-state index contributed by atoms with van der Waals surface area (Å²) in [5.74, 6) is -0.390. The number of nitrogens with zero attached hydrogens (tertiary/aromatic N) is 2. The van der Waals surface area contributed by atoms with Gasteiger partial charge in [0.25, 0.3) is 5.91 Å². The molecule has 0 radical (unpaired) electrons. The fourth-order valence-electron chi connectivity index (χ4n) is 5.89. The van der Waals surface area contributed by atoms with Crippen molar-refractivity contribution in [2.75, 3.05) is 13.2 Å². The van der Waals surface area contributed by atoms with E-state index in [0.29, 0.717) is 29.2 Å². The highest BCUT2D eigenvalue weighted by atomic mass is 35.5. The zero-order chi connectivity index (χ0) is 30.1. The van der Waals surface area contributed by atoms with Crippen molar-refractivity contribution in [3.05, 3.63) is 84.0 Å². The van der Waals surface area contributed by atoms with Crippen LogP contribution in [0.5, 0.6) is 5.75 Å². The number of aromatic nitrogens is 1. The van der Waals surface area contributed by atoms with Gasteiger partial charge in [0.05, 0.1) is 33.2 Å². The largest absolute Gasteiger partial charge is 0.487 e. The number of benzene rings is 2. The number of piperidine rings is 1. The maximum atomic E-state index is 14.4. The van der Waals surface area contributed by atoms with E-state index >= 15 is 0 Å². The monoisotopic (exact) mass is 663 g/mol. The molecule has 11 heteroatoms. The summed E-state index contributed by atoms with van der Waals surface area (Å²) in [6.45, 7) is 2.93. The zero-order valence-corrected chi connectivity index (χ0v) is 26.9. The summed E-state index contributed by atoms with van der Waals surface area (Å²) in [7, 11) is 0. The van der Waals surface area contributed by atoms with E-state index in [1.165, 1.54) is 6.07 Å². The van der Waals surface area contributed by atoms with Crippen LogP contribution in [0.3, 0.4) is 0 Å². The predicted molar refractivity (Wildman–Crippen MR) is 170 cm³/mol. The van der Waals surface area contributed by atoms with E-state index in [1.807, 2.05) is 23.2 Å². The number of rotatable bonds is 11. The van der Waals surface area contributed by atoms with Crippen LogP contribution < -0.4 is 10.1 Å². The van der Waals surface area contributed by atoms with Gasteiger partial charge in [0, 0.05) is 36.4 Å². The van der Waals surface area contributed by atoms with Crippen LogP contribution in [0.15, 0.2) is 42.1 Å². The predicted octanol–water partition coefficient (Wildman–Crippen LogP) is 8.01. The van der Waals surface area contributed by atoms with E-state index in [9.17, 15) is 9.18 Å². The van der Waals surface area contributed by atoms with Crippen molar-refractivity contribution >= 4 is 57.6 Å². The van der Waals surface area contributed by atoms with Crippen molar-refractivity contribution in [1.29, 1.82) is 0 Å². The smallest absolute Gasteiger partial charge is 0.252 e. The maximum absolute atomic E-state index is 14.4. The lowest BCUT2D eigenvalue weighted by Gasteiger charge is -2.40. The first-order valence-corrected chi connectivity index (χ1v) is 16.6. The number of hydrogen-bond donors (Lipinski definition) is 1. The van der Waals surface area contributed by atoms with E-state index in [4.69, 9.17) is 44.3 Å². The molecule has 2 atom stereocenters. The maximum Gasteiger partial charge on any atom is 0.252 e. The van der Waals surface area contributed by atoms with E-state index in [0.717, 1.165) is 70.7 Å². The van der Waals surface area contributed by atoms with Crippen molar-refractivity contribution in [3.63, 3.8) is 0 Å². The number of amides is 1. The molecule has 2 aliphatic heterocycles. The minimum atomic E-state index is -0.499. The van der Waals surface area contributed by atoms with Gasteiger partial charge in [-0.25, -0.2) is 9.37 Å². The molecule has 6 nitrogen and oxygen atoms in total. The molecule has 1 amide bonds. The fraction of sp³-hybridized carbons (Fsp3) is 0.438. The lowest BCUT2D eigenvalue weighted by Crippen LogP contribution is -2.51. The molecule has 43 heavy (non-hydrogen) atoms. The highest BCUT2D eigenvalue weighted by molar-refractivity contribution is 7.12. The van der Waals surface area contributed by atoms with Gasteiger partial charge in [0.2, 0.25) is 0 Å². The molecular weight excluding hydrogens is 632 g/mol. The Labute approximate surface area is 270 Å². The van der Waals surface area contributed by atoms with Gasteiger partial charge in [-0.1, -0.05) is 53.0 Å². The van der Waals surface area contributed by atoms with E-state index < -0.39 is 5.82 Å². The molecule has 2 fully saturated rings. The summed E-state index contributed by atoms with van der Waals surface area (Å²) >= 11 is 20.6. The van der Waals surface area contributed by atoms with Gasteiger partial charge in [-0.3, -0.25) is 4.79 Å². The lowest BCUT2D eigenvalue weighted by molar-refractivity contribution is -0.128. The standard InChI is InChI=1S/C32H33Cl3FN3O3S/c1-18-8-11-24(36)31(29(18)34)42-13-12-41-17-27-37-15-26(43-27)22-14-20-5-3-7-25(38-20)28(22)32(40)39(21-9-10-21)16-19-4-2-6-23(33)30(19)35/h2,4,6,8,11,15,20-21,25,38H,3,5,7,9-10,12-14,16-17H2,1H3/t20-,25?/m0/s1. The van der Waals surface area contributed by atoms with Crippen molar-refractivity contribution < 1.29 is 18.7 Å². The molecule has 3 aromatic rings. The Hall–Kier alpha value is -2.20. The first kappa shape index (κ1) is 30.8. The molecule has 2 bridgehead atoms. The molecular formula is C32H33Cl3FN3O3S. The van der Waals surface area contributed by atoms with Crippen LogP contribution in [0, 0.1) is 12.7 Å². The number of carbonyl (C=O) groups excluding carboxylic acids is 1. The van der Waals surface area contributed by atoms with E-state index in [2.05, 4.69) is 10.3 Å². The Morgan fingerprint density at radius 1 is 1.12 bits per heavy atom. The third kappa shape index (κ3) is 6.90. The average Bonchev–Trinajstić information content (AvgIpc) is 3.73. The van der Waals surface area contributed by atoms with Gasteiger partial charge >= 0.3 is 0 Å². The summed E-state index contributed by atoms with van der Waals surface area (Å²) in [6.07, 6.45) is 7.74. The van der Waals surface area contributed by atoms with E-state index in [-0.39, 0.29) is 42.0 Å². The summed E-state index contributed by atoms with van der Waals surface area (Å²) in [5.41, 5.74) is 3.54. The van der Waals surface area contributed by atoms with Crippen LogP contribution in [0.25, 0.3) is 5.57 Å². The second-order valence-electron chi connectivity index (χ2n) is 11.3. The molecule has 228 valence electrons. The van der Waals surface area contributed by atoms with Gasteiger partial charge in [-0.2, -0.15) is 0 Å². The Balaban J connectivity index is 1.17. The van der Waals surface area contributed by atoms with Gasteiger partial charge in [0.15, 0.2) is 11.6 Å². The number of nitrogens with one attached hydrogen (secondary N) is 1. The topological polar surface area (TPSA) is 63.7 Å². The van der Waals surface area contributed by atoms with Gasteiger partial charge in [-0.15, -0.1) is 11.3 Å². The Morgan fingerprint density at radius 2 is 1.95 bits per heavy atom. The molecule has 1 saturated carbocycles. The minimum Gasteiger partial charge on any atom is -0.487 e. The molecule has 3 heterocycles. The quantitative estimate of drug-likeness (QED) is 0.211. The molecule has 2 aromatic carbocycles. The molecule has 1 saturated heterocycles. The lowest BCUT2D eigenvalue weighted by atomic mass is 9.81. The van der Waals surface area contributed by atoms with Crippen LogP contribution in [0.4, 0.5) is 4.39 Å². The fourth-order valence-corrected chi connectivity index (χ4v) is 7.40. The van der Waals surface area contributed by atoms with Crippen molar-refractivity contribution in [1.82, 2.24) is 15.2 Å². The van der Waals surface area contributed by atoms with Gasteiger partial charge in [-0.05, 0) is 74.3 Å². The second-order valence-corrected chi connectivity index (χ2v) is 13.6. The van der Waals surface area contributed by atoms with Gasteiger partial charge < -0.3 is 19.7 Å². The van der Waals surface area contributed by atoms with Gasteiger partial charge in [0.1, 0.15) is 11.6 Å². The Kier molecular flexibility index (Phi) is 9.62. The second kappa shape index (κ2) is 13.4. The minimum absolute atomic E-state index is 0.0128. The summed E-state index contributed by atoms with van der Waals surface area (Å²) < 4.78 is 25.4. The molecule has 1 aromatic heterocycles. The third-order valence-corrected chi connectivity index (χ3v) is 10.6. The summed E-state index contributed by atoms with van der Waals surface area (Å²) in [5, 5.41) is 5.79. The number of thiazole rings is 1. The number of ether oxygens (including phenoxy) is 2. The summed E-state index contributed by atoms with van der Waals surface area (Å²) in [6, 6.07) is 9.09. The zero-order valence-electron chi connectivity index (χ0n) is 23.8. The third-order valence-electron chi connectivity index (χ3n) is 8.25.